The summed E-state index contributed by atoms with van der Waals surface area (Å²) in [5, 5.41) is 3.14. The molecule has 0 aliphatic heterocycles. The fourth-order valence-electron chi connectivity index (χ4n) is 2.68. The highest BCUT2D eigenvalue weighted by molar-refractivity contribution is 5.86. The van der Waals surface area contributed by atoms with Crippen LogP contribution in [0, 0.1) is 0 Å². The Kier molecular flexibility index (Phi) is 3.00. The quantitative estimate of drug-likeness (QED) is 0.556. The van der Waals surface area contributed by atoms with Gasteiger partial charge in [0.15, 0.2) is 0 Å². The van der Waals surface area contributed by atoms with Gasteiger partial charge < -0.3 is 9.30 Å². The van der Waals surface area contributed by atoms with E-state index in [0.29, 0.717) is 5.75 Å². The first-order chi connectivity index (χ1) is 10.8. The van der Waals surface area contributed by atoms with Gasteiger partial charge in [-0.1, -0.05) is 24.3 Å². The maximum Gasteiger partial charge on any atom is 0.228 e. The largest absolute Gasteiger partial charge is 0.463 e. The Balaban J connectivity index is 1.84. The van der Waals surface area contributed by atoms with Crippen LogP contribution in [0.1, 0.15) is 0 Å². The van der Waals surface area contributed by atoms with Gasteiger partial charge in [0.1, 0.15) is 11.6 Å². The smallest absolute Gasteiger partial charge is 0.228 e. The van der Waals surface area contributed by atoms with Gasteiger partial charge in [-0.3, -0.25) is 0 Å². The van der Waals surface area contributed by atoms with Gasteiger partial charge >= 0.3 is 0 Å². The average molecular weight is 292 g/mol. The third-order valence-corrected chi connectivity index (χ3v) is 3.75. The number of fused-ring (bicyclic) bond motifs is 2. The predicted octanol–water partition coefficient (Wildman–Crippen LogP) is 4.48. The van der Waals surface area contributed by atoms with E-state index in [9.17, 15) is 4.39 Å². The second-order valence-corrected chi connectivity index (χ2v) is 5.05. The van der Waals surface area contributed by atoms with E-state index < -0.39 is 6.86 Å². The highest BCUT2D eigenvalue weighted by atomic mass is 19.1. The molecule has 4 heteroatoms. The Morgan fingerprint density at radius 2 is 1.86 bits per heavy atom. The van der Waals surface area contributed by atoms with Crippen LogP contribution in [0.15, 0.2) is 67.0 Å². The zero-order valence-electron chi connectivity index (χ0n) is 11.7. The van der Waals surface area contributed by atoms with Crippen molar-refractivity contribution in [1.29, 1.82) is 0 Å². The van der Waals surface area contributed by atoms with Crippen LogP contribution in [-0.4, -0.2) is 16.4 Å². The summed E-state index contributed by atoms with van der Waals surface area (Å²) in [4.78, 5) is 4.51. The average Bonchev–Trinajstić information content (AvgIpc) is 2.99. The molecular formula is C18H13FN2O. The minimum absolute atomic E-state index is 0.510. The standard InChI is InChI=1S/C18H13FN2O/c19-12-22-16-6-5-14-10-18(20-11-15(14)9-16)21-8-7-13-3-1-2-4-17(13)21/h1-11H,12H2. The number of rotatable bonds is 3. The monoisotopic (exact) mass is 292 g/mol. The summed E-state index contributed by atoms with van der Waals surface area (Å²) < 4.78 is 19.2. The van der Waals surface area contributed by atoms with Crippen LogP contribution in [0.25, 0.3) is 27.5 Å². The molecule has 4 aromatic rings. The molecule has 0 spiro atoms. The lowest BCUT2D eigenvalue weighted by Crippen LogP contribution is -1.95. The summed E-state index contributed by atoms with van der Waals surface area (Å²) in [7, 11) is 0. The van der Waals surface area contributed by atoms with Crippen molar-refractivity contribution in [3.05, 3.63) is 67.0 Å². The lowest BCUT2D eigenvalue weighted by Gasteiger charge is -2.07. The molecule has 0 unspecified atom stereocenters. The number of alkyl halides is 1. The molecule has 0 saturated heterocycles. The number of benzene rings is 2. The number of pyridine rings is 1. The summed E-state index contributed by atoms with van der Waals surface area (Å²) in [6, 6.07) is 17.7. The minimum Gasteiger partial charge on any atom is -0.463 e. The lowest BCUT2D eigenvalue weighted by molar-refractivity contribution is 0.192. The maximum atomic E-state index is 12.2. The Morgan fingerprint density at radius 3 is 2.77 bits per heavy atom. The van der Waals surface area contributed by atoms with Gasteiger partial charge in [-0.2, -0.15) is 0 Å². The van der Waals surface area contributed by atoms with Gasteiger partial charge in [-0.05, 0) is 41.1 Å². The van der Waals surface area contributed by atoms with Crippen molar-refractivity contribution in [2.75, 3.05) is 6.86 Å². The molecule has 0 aliphatic rings. The van der Waals surface area contributed by atoms with E-state index in [4.69, 9.17) is 4.74 Å². The molecule has 2 aromatic carbocycles. The highest BCUT2D eigenvalue weighted by Gasteiger charge is 2.05. The van der Waals surface area contributed by atoms with E-state index in [0.717, 1.165) is 22.1 Å². The van der Waals surface area contributed by atoms with E-state index in [2.05, 4.69) is 27.8 Å². The van der Waals surface area contributed by atoms with Crippen molar-refractivity contribution in [1.82, 2.24) is 9.55 Å². The van der Waals surface area contributed by atoms with Gasteiger partial charge in [0.25, 0.3) is 0 Å². The lowest BCUT2D eigenvalue weighted by atomic mass is 10.1. The molecule has 22 heavy (non-hydrogen) atoms. The predicted molar refractivity (Wildman–Crippen MR) is 85.2 cm³/mol. The van der Waals surface area contributed by atoms with Crippen LogP contribution in [0.4, 0.5) is 4.39 Å². The summed E-state index contributed by atoms with van der Waals surface area (Å²) in [6.45, 7) is -0.827. The first-order valence-electron chi connectivity index (χ1n) is 7.00. The van der Waals surface area contributed by atoms with E-state index in [1.54, 1.807) is 18.3 Å². The van der Waals surface area contributed by atoms with Gasteiger partial charge in [0, 0.05) is 17.8 Å². The third kappa shape index (κ3) is 2.09. The molecule has 4 rings (SSSR count). The fraction of sp³-hybridized carbons (Fsp3) is 0.0556. The summed E-state index contributed by atoms with van der Waals surface area (Å²) >= 11 is 0. The summed E-state index contributed by atoms with van der Waals surface area (Å²) in [5.74, 6) is 1.36. The fourth-order valence-corrected chi connectivity index (χ4v) is 2.68. The number of hydrogen-bond donors (Lipinski definition) is 0. The van der Waals surface area contributed by atoms with Crippen LogP contribution < -0.4 is 4.74 Å². The molecule has 0 bridgehead atoms. The molecule has 0 radical (unpaired) electrons. The first-order valence-corrected chi connectivity index (χ1v) is 7.00. The first kappa shape index (κ1) is 12.8. The zero-order chi connectivity index (χ0) is 14.9. The normalized spacial score (nSPS) is 11.1. The zero-order valence-corrected chi connectivity index (χ0v) is 11.7. The van der Waals surface area contributed by atoms with Gasteiger partial charge in [-0.25, -0.2) is 9.37 Å². The molecule has 0 aliphatic carbocycles. The summed E-state index contributed by atoms with van der Waals surface area (Å²) in [5.41, 5.74) is 1.12. The molecule has 2 heterocycles. The SMILES string of the molecule is FCOc1ccc2cc(-n3ccc4ccccc43)ncc2c1. The molecule has 108 valence electrons. The van der Waals surface area contributed by atoms with Crippen molar-refractivity contribution in [2.24, 2.45) is 0 Å². The van der Waals surface area contributed by atoms with Crippen molar-refractivity contribution >= 4 is 21.7 Å². The van der Waals surface area contributed by atoms with Crippen LogP contribution in [-0.2, 0) is 0 Å². The molecule has 0 N–H and O–H groups in total. The third-order valence-electron chi connectivity index (χ3n) is 3.75. The summed E-state index contributed by atoms with van der Waals surface area (Å²) in [6.07, 6.45) is 3.80. The molecule has 0 amide bonds. The minimum atomic E-state index is -0.827. The van der Waals surface area contributed by atoms with Crippen molar-refractivity contribution in [2.45, 2.75) is 0 Å². The van der Waals surface area contributed by atoms with Crippen LogP contribution in [0.3, 0.4) is 0 Å². The van der Waals surface area contributed by atoms with E-state index in [-0.39, 0.29) is 0 Å². The second kappa shape index (κ2) is 5.15. The molecule has 0 saturated carbocycles. The Morgan fingerprint density at radius 1 is 0.955 bits per heavy atom. The van der Waals surface area contributed by atoms with Crippen molar-refractivity contribution < 1.29 is 9.13 Å². The van der Waals surface area contributed by atoms with Crippen molar-refractivity contribution in [3.8, 4) is 11.6 Å². The van der Waals surface area contributed by atoms with Gasteiger partial charge in [-0.15, -0.1) is 0 Å². The Bertz CT molecular complexity index is 962. The Labute approximate surface area is 126 Å². The van der Waals surface area contributed by atoms with Crippen LogP contribution in [0.2, 0.25) is 0 Å². The number of aromatic nitrogens is 2. The van der Waals surface area contributed by atoms with Crippen LogP contribution in [0.5, 0.6) is 5.75 Å². The van der Waals surface area contributed by atoms with E-state index in [1.807, 2.05) is 30.5 Å². The van der Waals surface area contributed by atoms with E-state index >= 15 is 0 Å². The number of para-hydroxylation sites is 1. The van der Waals surface area contributed by atoms with Crippen LogP contribution >= 0.6 is 0 Å². The van der Waals surface area contributed by atoms with Gasteiger partial charge in [0.05, 0.1) is 5.52 Å². The molecular weight excluding hydrogens is 279 g/mol. The van der Waals surface area contributed by atoms with E-state index in [1.165, 1.54) is 5.39 Å². The van der Waals surface area contributed by atoms with Crippen molar-refractivity contribution in [3.63, 3.8) is 0 Å². The molecule has 0 atom stereocenters. The molecule has 0 fully saturated rings. The Hall–Kier alpha value is -2.88. The molecule has 2 aromatic heterocycles. The second-order valence-electron chi connectivity index (χ2n) is 5.05. The number of nitrogens with zero attached hydrogens (tertiary/aromatic N) is 2. The number of hydrogen-bond acceptors (Lipinski definition) is 2. The topological polar surface area (TPSA) is 27.1 Å². The maximum absolute atomic E-state index is 12.2. The highest BCUT2D eigenvalue weighted by Crippen LogP contribution is 2.24. The number of ether oxygens (including phenoxy) is 1. The number of halogens is 1. The van der Waals surface area contributed by atoms with Gasteiger partial charge in [0.2, 0.25) is 6.86 Å². The molecule has 3 nitrogen and oxygen atoms in total.